The van der Waals surface area contributed by atoms with Gasteiger partial charge in [0.15, 0.2) is 0 Å². The maximum atomic E-state index is 6.18. The fourth-order valence-electron chi connectivity index (χ4n) is 3.66. The van der Waals surface area contributed by atoms with Crippen molar-refractivity contribution in [3.05, 3.63) is 53.7 Å². The van der Waals surface area contributed by atoms with Gasteiger partial charge in [0, 0.05) is 35.9 Å². The average molecular weight is 453 g/mol. The second-order valence-electron chi connectivity index (χ2n) is 8.60. The van der Waals surface area contributed by atoms with E-state index in [0.717, 1.165) is 54.0 Å². The van der Waals surface area contributed by atoms with Gasteiger partial charge in [-0.2, -0.15) is 0 Å². The molecule has 3 rings (SSSR count). The second-order valence-corrected chi connectivity index (χ2v) is 9.01. The van der Waals surface area contributed by atoms with Crippen molar-refractivity contribution in [3.8, 4) is 11.5 Å². The third-order valence-electron chi connectivity index (χ3n) is 5.63. The van der Waals surface area contributed by atoms with Gasteiger partial charge in [-0.1, -0.05) is 52.8 Å². The Morgan fingerprint density at radius 2 is 1.66 bits per heavy atom. The topological polar surface area (TPSA) is 35.4 Å². The molecule has 2 aromatic carbocycles. The molecule has 0 aliphatic rings. The summed E-state index contributed by atoms with van der Waals surface area (Å²) in [6.45, 7) is 10.1. The van der Waals surface area contributed by atoms with Crippen LogP contribution in [-0.2, 0) is 7.05 Å². The number of fused-ring (bicyclic) bond motifs is 1. The maximum Gasteiger partial charge on any atom is 0.133 e. The number of nitrogens with zero attached hydrogens (tertiary/aromatic N) is 1. The number of rotatable bonds is 11. The van der Waals surface area contributed by atoms with Gasteiger partial charge in [0.1, 0.15) is 16.5 Å². The highest BCUT2D eigenvalue weighted by Crippen LogP contribution is 2.35. The van der Waals surface area contributed by atoms with Crippen LogP contribution in [0.3, 0.4) is 0 Å². The van der Waals surface area contributed by atoms with E-state index in [4.69, 9.17) is 21.7 Å². The van der Waals surface area contributed by atoms with E-state index in [0.29, 0.717) is 24.1 Å². The van der Waals surface area contributed by atoms with Gasteiger partial charge in [-0.15, -0.1) is 0 Å². The number of nitrogens with one attached hydrogen (secondary N) is 1. The first-order valence-electron chi connectivity index (χ1n) is 11.7. The zero-order valence-electron chi connectivity index (χ0n) is 20.0. The maximum absolute atomic E-state index is 6.18. The van der Waals surface area contributed by atoms with Crippen LogP contribution in [0.2, 0.25) is 0 Å². The fourth-order valence-corrected chi connectivity index (χ4v) is 3.94. The molecule has 0 aliphatic carbocycles. The summed E-state index contributed by atoms with van der Waals surface area (Å²) in [5.74, 6) is 2.00. The molecule has 32 heavy (non-hydrogen) atoms. The molecule has 172 valence electrons. The van der Waals surface area contributed by atoms with Crippen LogP contribution < -0.4 is 14.8 Å². The molecule has 0 bridgehead atoms. The largest absolute Gasteiger partial charge is 0.493 e. The number of ether oxygens (including phenoxy) is 2. The molecule has 0 aliphatic heterocycles. The van der Waals surface area contributed by atoms with Gasteiger partial charge in [-0.3, -0.25) is 0 Å². The summed E-state index contributed by atoms with van der Waals surface area (Å²) < 4.78 is 14.4. The number of aryl methyl sites for hydroxylation is 1. The third-order valence-corrected chi connectivity index (χ3v) is 5.95. The van der Waals surface area contributed by atoms with Crippen molar-refractivity contribution < 1.29 is 9.47 Å². The molecule has 1 aromatic heterocycles. The second kappa shape index (κ2) is 11.4. The van der Waals surface area contributed by atoms with E-state index in [1.807, 2.05) is 6.07 Å². The third kappa shape index (κ3) is 5.83. The van der Waals surface area contributed by atoms with E-state index < -0.39 is 0 Å². The van der Waals surface area contributed by atoms with E-state index in [1.54, 1.807) is 0 Å². The predicted molar refractivity (Wildman–Crippen MR) is 140 cm³/mol. The Morgan fingerprint density at radius 1 is 0.969 bits per heavy atom. The van der Waals surface area contributed by atoms with Gasteiger partial charge in [-0.05, 0) is 54.7 Å². The minimum Gasteiger partial charge on any atom is -0.493 e. The van der Waals surface area contributed by atoms with Gasteiger partial charge in [-0.25, -0.2) is 0 Å². The number of thiocarbonyl (C=S) groups is 1. The Kier molecular flexibility index (Phi) is 8.57. The number of hydrogen-bond donors (Lipinski definition) is 1. The highest BCUT2D eigenvalue weighted by atomic mass is 32.1. The van der Waals surface area contributed by atoms with Gasteiger partial charge in [0.25, 0.3) is 0 Å². The van der Waals surface area contributed by atoms with E-state index in [2.05, 4.69) is 81.2 Å². The van der Waals surface area contributed by atoms with Gasteiger partial charge in [0.2, 0.25) is 0 Å². The van der Waals surface area contributed by atoms with Crippen molar-refractivity contribution in [1.29, 1.82) is 0 Å². The first kappa shape index (κ1) is 24.1. The van der Waals surface area contributed by atoms with Gasteiger partial charge in [0.05, 0.1) is 18.8 Å². The highest BCUT2D eigenvalue weighted by Gasteiger charge is 2.18. The molecule has 0 fully saturated rings. The number of benzene rings is 2. The lowest BCUT2D eigenvalue weighted by atomic mass is 9.98. The Balaban J connectivity index is 1.92. The van der Waals surface area contributed by atoms with E-state index >= 15 is 0 Å². The molecule has 3 aromatic rings. The standard InChI is InChI=1S/C27H36N2O2S/c1-6-8-14-30-25-18-26(31-15-9-7-2)23(17-22(25)19(3)4)27(32)28-21-10-11-24-20(16-21)12-13-29(24)5/h10-13,16-19H,6-9,14-15H2,1-5H3,(H,28,32). The van der Waals surface area contributed by atoms with Crippen LogP contribution in [0.1, 0.15) is 70.4 Å². The lowest BCUT2D eigenvalue weighted by Gasteiger charge is -2.20. The Hall–Kier alpha value is -2.53. The Morgan fingerprint density at radius 3 is 2.31 bits per heavy atom. The molecular weight excluding hydrogens is 416 g/mol. The zero-order chi connectivity index (χ0) is 23.1. The lowest BCUT2D eigenvalue weighted by Crippen LogP contribution is -2.14. The molecule has 1 heterocycles. The number of unbranched alkanes of at least 4 members (excludes halogenated alkanes) is 2. The van der Waals surface area contributed by atoms with Crippen LogP contribution in [-0.4, -0.2) is 22.8 Å². The quantitative estimate of drug-likeness (QED) is 0.242. The van der Waals surface area contributed by atoms with Crippen LogP contribution in [0, 0.1) is 0 Å². The number of hydrogen-bond acceptors (Lipinski definition) is 3. The Bertz CT molecular complexity index is 1060. The van der Waals surface area contributed by atoms with E-state index in [1.165, 1.54) is 10.9 Å². The molecule has 4 nitrogen and oxygen atoms in total. The number of anilines is 1. The highest BCUT2D eigenvalue weighted by molar-refractivity contribution is 7.81. The molecule has 1 N–H and O–H groups in total. The van der Waals surface area contributed by atoms with Crippen LogP contribution in [0.25, 0.3) is 10.9 Å². The van der Waals surface area contributed by atoms with Crippen LogP contribution in [0.5, 0.6) is 11.5 Å². The van der Waals surface area contributed by atoms with Crippen LogP contribution in [0.4, 0.5) is 5.69 Å². The zero-order valence-corrected chi connectivity index (χ0v) is 20.8. The Labute approximate surface area is 197 Å². The van der Waals surface area contributed by atoms with Crippen molar-refractivity contribution in [3.63, 3.8) is 0 Å². The lowest BCUT2D eigenvalue weighted by molar-refractivity contribution is 0.291. The molecule has 0 spiro atoms. The van der Waals surface area contributed by atoms with Crippen molar-refractivity contribution in [2.75, 3.05) is 18.5 Å². The van der Waals surface area contributed by atoms with Gasteiger partial charge >= 0.3 is 0 Å². The SMILES string of the molecule is CCCCOc1cc(OCCCC)c(C(C)C)cc1C(=S)Nc1ccc2c(ccn2C)c1. The molecule has 0 radical (unpaired) electrons. The summed E-state index contributed by atoms with van der Waals surface area (Å²) in [7, 11) is 2.05. The summed E-state index contributed by atoms with van der Waals surface area (Å²) >= 11 is 5.86. The van der Waals surface area contributed by atoms with Crippen molar-refractivity contribution in [2.24, 2.45) is 7.05 Å². The van der Waals surface area contributed by atoms with Crippen molar-refractivity contribution >= 4 is 33.8 Å². The molecule has 0 amide bonds. The minimum absolute atomic E-state index is 0.318. The summed E-state index contributed by atoms with van der Waals surface area (Å²) in [4.78, 5) is 0.661. The molecule has 0 atom stereocenters. The number of aromatic nitrogens is 1. The van der Waals surface area contributed by atoms with Gasteiger partial charge < -0.3 is 19.4 Å². The average Bonchev–Trinajstić information content (AvgIpc) is 3.14. The van der Waals surface area contributed by atoms with Crippen LogP contribution in [0.15, 0.2) is 42.6 Å². The van der Waals surface area contributed by atoms with Crippen LogP contribution >= 0.6 is 12.2 Å². The molecule has 0 saturated carbocycles. The first-order valence-corrected chi connectivity index (χ1v) is 12.1. The molecule has 0 saturated heterocycles. The smallest absolute Gasteiger partial charge is 0.133 e. The normalized spacial score (nSPS) is 11.2. The summed E-state index contributed by atoms with van der Waals surface area (Å²) in [6.07, 6.45) is 6.29. The monoisotopic (exact) mass is 452 g/mol. The van der Waals surface area contributed by atoms with E-state index in [9.17, 15) is 0 Å². The molecular formula is C27H36N2O2S. The van der Waals surface area contributed by atoms with E-state index in [-0.39, 0.29) is 0 Å². The summed E-state index contributed by atoms with van der Waals surface area (Å²) in [5, 5.41) is 4.61. The van der Waals surface area contributed by atoms with Crippen molar-refractivity contribution in [1.82, 2.24) is 4.57 Å². The fraction of sp³-hybridized carbons (Fsp3) is 0.444. The summed E-state index contributed by atoms with van der Waals surface area (Å²) in [6, 6.07) is 12.6. The molecule has 0 unspecified atom stereocenters. The minimum atomic E-state index is 0.318. The first-order chi connectivity index (χ1) is 15.4. The summed E-state index contributed by atoms with van der Waals surface area (Å²) in [5.41, 5.74) is 4.24. The predicted octanol–water partition coefficient (Wildman–Crippen LogP) is 7.45. The van der Waals surface area contributed by atoms with Crippen molar-refractivity contribution in [2.45, 2.75) is 59.3 Å². The molecule has 5 heteroatoms.